The largest absolute Gasteiger partial charge is 0.344 e. The summed E-state index contributed by atoms with van der Waals surface area (Å²) < 4.78 is 2.19. The van der Waals surface area contributed by atoms with Gasteiger partial charge in [-0.1, -0.05) is 0 Å². The molecule has 0 N–H and O–H groups in total. The fourth-order valence-corrected chi connectivity index (χ4v) is 2.14. The molecule has 3 heterocycles. The van der Waals surface area contributed by atoms with Crippen molar-refractivity contribution in [1.29, 1.82) is 0 Å². The third-order valence-corrected chi connectivity index (χ3v) is 3.07. The lowest BCUT2D eigenvalue weighted by Gasteiger charge is -2.07. The molecule has 0 fully saturated rings. The Hall–Kier alpha value is -2.42. The van der Waals surface area contributed by atoms with Crippen molar-refractivity contribution in [3.63, 3.8) is 0 Å². The molecule has 3 heteroatoms. The van der Waals surface area contributed by atoms with Crippen molar-refractivity contribution < 1.29 is 0 Å². The molecule has 0 aliphatic heterocycles. The standard InChI is InChI=1S/C15H13N3/c1-18-14(12-4-8-16-9-5-12)2-3-15(18)13-6-10-17-11-7-13/h2-11H,1H3. The molecule has 3 nitrogen and oxygen atoms in total. The number of hydrogen-bond donors (Lipinski definition) is 0. The lowest BCUT2D eigenvalue weighted by atomic mass is 10.2. The van der Waals surface area contributed by atoms with Crippen molar-refractivity contribution in [3.8, 4) is 22.5 Å². The van der Waals surface area contributed by atoms with Crippen LogP contribution in [-0.2, 0) is 7.05 Å². The summed E-state index contributed by atoms with van der Waals surface area (Å²) in [6.45, 7) is 0. The summed E-state index contributed by atoms with van der Waals surface area (Å²) in [6.07, 6.45) is 7.26. The van der Waals surface area contributed by atoms with Crippen molar-refractivity contribution in [1.82, 2.24) is 14.5 Å². The van der Waals surface area contributed by atoms with E-state index < -0.39 is 0 Å². The first-order valence-corrected chi connectivity index (χ1v) is 5.83. The summed E-state index contributed by atoms with van der Waals surface area (Å²) in [5, 5.41) is 0. The third kappa shape index (κ3) is 1.80. The van der Waals surface area contributed by atoms with Crippen LogP contribution in [0.2, 0.25) is 0 Å². The monoisotopic (exact) mass is 235 g/mol. The van der Waals surface area contributed by atoms with Gasteiger partial charge in [0.15, 0.2) is 0 Å². The van der Waals surface area contributed by atoms with Gasteiger partial charge < -0.3 is 4.57 Å². The quantitative estimate of drug-likeness (QED) is 0.683. The smallest absolute Gasteiger partial charge is 0.0483 e. The summed E-state index contributed by atoms with van der Waals surface area (Å²) in [5.74, 6) is 0. The van der Waals surface area contributed by atoms with Gasteiger partial charge in [-0.3, -0.25) is 9.97 Å². The van der Waals surface area contributed by atoms with Crippen LogP contribution in [-0.4, -0.2) is 14.5 Å². The number of hydrogen-bond acceptors (Lipinski definition) is 2. The van der Waals surface area contributed by atoms with Crippen molar-refractivity contribution >= 4 is 0 Å². The molecule has 0 aromatic carbocycles. The van der Waals surface area contributed by atoms with E-state index in [9.17, 15) is 0 Å². The van der Waals surface area contributed by atoms with Gasteiger partial charge in [0.2, 0.25) is 0 Å². The number of pyridine rings is 2. The van der Waals surface area contributed by atoms with Crippen LogP contribution in [0.25, 0.3) is 22.5 Å². The fraction of sp³-hybridized carbons (Fsp3) is 0.0667. The van der Waals surface area contributed by atoms with E-state index in [1.165, 1.54) is 22.5 Å². The minimum Gasteiger partial charge on any atom is -0.344 e. The van der Waals surface area contributed by atoms with E-state index in [1.807, 2.05) is 49.1 Å². The highest BCUT2D eigenvalue weighted by atomic mass is 15.0. The molecule has 0 aliphatic rings. The maximum atomic E-state index is 4.05. The fourth-order valence-electron chi connectivity index (χ4n) is 2.14. The van der Waals surface area contributed by atoms with E-state index in [2.05, 4.69) is 33.7 Å². The molecular weight excluding hydrogens is 222 g/mol. The first-order chi connectivity index (χ1) is 8.86. The van der Waals surface area contributed by atoms with Crippen LogP contribution < -0.4 is 0 Å². The summed E-state index contributed by atoms with van der Waals surface area (Å²) in [5.41, 5.74) is 4.72. The maximum absolute atomic E-state index is 4.05. The molecule has 0 atom stereocenters. The molecular formula is C15H13N3. The van der Waals surface area contributed by atoms with Crippen molar-refractivity contribution in [2.45, 2.75) is 0 Å². The van der Waals surface area contributed by atoms with Crippen LogP contribution in [0.4, 0.5) is 0 Å². The van der Waals surface area contributed by atoms with E-state index in [-0.39, 0.29) is 0 Å². The Labute approximate surface area is 106 Å². The highest BCUT2D eigenvalue weighted by Crippen LogP contribution is 2.26. The van der Waals surface area contributed by atoms with Crippen LogP contribution in [0.5, 0.6) is 0 Å². The second-order valence-electron chi connectivity index (χ2n) is 4.13. The Balaban J connectivity index is 2.09. The second-order valence-corrected chi connectivity index (χ2v) is 4.13. The van der Waals surface area contributed by atoms with Crippen molar-refractivity contribution in [2.75, 3.05) is 0 Å². The SMILES string of the molecule is Cn1c(-c2ccncc2)ccc1-c1ccncc1. The minimum atomic E-state index is 1.17. The highest BCUT2D eigenvalue weighted by Gasteiger charge is 2.07. The molecule has 3 rings (SSSR count). The van der Waals surface area contributed by atoms with Gasteiger partial charge in [0, 0.05) is 54.3 Å². The van der Waals surface area contributed by atoms with Crippen LogP contribution in [0.1, 0.15) is 0 Å². The zero-order valence-corrected chi connectivity index (χ0v) is 10.1. The first kappa shape index (κ1) is 10.7. The van der Waals surface area contributed by atoms with Gasteiger partial charge in [-0.25, -0.2) is 0 Å². The molecule has 3 aromatic rings. The summed E-state index contributed by atoms with van der Waals surface area (Å²) in [7, 11) is 2.07. The molecule has 0 saturated carbocycles. The molecule has 0 radical (unpaired) electrons. The van der Waals surface area contributed by atoms with Crippen LogP contribution in [0, 0.1) is 0 Å². The minimum absolute atomic E-state index is 1.17. The van der Waals surface area contributed by atoms with E-state index in [0.29, 0.717) is 0 Å². The average Bonchev–Trinajstić information content (AvgIpc) is 2.83. The number of rotatable bonds is 2. The molecule has 0 amide bonds. The summed E-state index contributed by atoms with van der Waals surface area (Å²) in [4.78, 5) is 8.10. The van der Waals surface area contributed by atoms with Gasteiger partial charge in [0.1, 0.15) is 0 Å². The Bertz CT molecular complexity index is 585. The lowest BCUT2D eigenvalue weighted by molar-refractivity contribution is 0.945. The Morgan fingerprint density at radius 3 is 1.44 bits per heavy atom. The number of nitrogens with zero attached hydrogens (tertiary/aromatic N) is 3. The Kier molecular flexibility index (Phi) is 2.65. The summed E-state index contributed by atoms with van der Waals surface area (Å²) in [6, 6.07) is 12.3. The van der Waals surface area contributed by atoms with Gasteiger partial charge in [-0.05, 0) is 36.4 Å². The molecule has 18 heavy (non-hydrogen) atoms. The van der Waals surface area contributed by atoms with Gasteiger partial charge in [-0.15, -0.1) is 0 Å². The summed E-state index contributed by atoms with van der Waals surface area (Å²) >= 11 is 0. The number of aromatic nitrogens is 3. The van der Waals surface area contributed by atoms with Crippen LogP contribution >= 0.6 is 0 Å². The van der Waals surface area contributed by atoms with Gasteiger partial charge in [-0.2, -0.15) is 0 Å². The second kappa shape index (κ2) is 4.45. The van der Waals surface area contributed by atoms with Crippen molar-refractivity contribution in [2.24, 2.45) is 7.05 Å². The van der Waals surface area contributed by atoms with Gasteiger partial charge in [0.05, 0.1) is 0 Å². The third-order valence-electron chi connectivity index (χ3n) is 3.07. The molecule has 0 bridgehead atoms. The topological polar surface area (TPSA) is 30.7 Å². The van der Waals surface area contributed by atoms with E-state index in [0.717, 1.165) is 0 Å². The zero-order valence-electron chi connectivity index (χ0n) is 10.1. The van der Waals surface area contributed by atoms with Gasteiger partial charge >= 0.3 is 0 Å². The van der Waals surface area contributed by atoms with Crippen LogP contribution in [0.15, 0.2) is 61.2 Å². The molecule has 0 aliphatic carbocycles. The van der Waals surface area contributed by atoms with E-state index in [4.69, 9.17) is 0 Å². The predicted molar refractivity (Wildman–Crippen MR) is 71.9 cm³/mol. The Morgan fingerprint density at radius 1 is 0.667 bits per heavy atom. The maximum Gasteiger partial charge on any atom is 0.0483 e. The zero-order chi connectivity index (χ0) is 12.4. The normalized spacial score (nSPS) is 10.5. The molecule has 0 saturated heterocycles. The molecule has 0 spiro atoms. The van der Waals surface area contributed by atoms with E-state index >= 15 is 0 Å². The highest BCUT2D eigenvalue weighted by molar-refractivity contribution is 5.68. The van der Waals surface area contributed by atoms with Gasteiger partial charge in [0.25, 0.3) is 0 Å². The van der Waals surface area contributed by atoms with Crippen LogP contribution in [0.3, 0.4) is 0 Å². The molecule has 0 unspecified atom stereocenters. The molecule has 88 valence electrons. The lowest BCUT2D eigenvalue weighted by Crippen LogP contribution is -1.94. The average molecular weight is 235 g/mol. The molecule has 3 aromatic heterocycles. The Morgan fingerprint density at radius 2 is 1.06 bits per heavy atom. The predicted octanol–water partition coefficient (Wildman–Crippen LogP) is 3.15. The van der Waals surface area contributed by atoms with Crippen molar-refractivity contribution in [3.05, 3.63) is 61.2 Å². The first-order valence-electron chi connectivity index (χ1n) is 5.83. The van der Waals surface area contributed by atoms with E-state index in [1.54, 1.807) is 0 Å².